The van der Waals surface area contributed by atoms with E-state index in [0.717, 1.165) is 9.46 Å². The molecular weight excluding hydrogens is 288 g/mol. The standard InChI is InChI=1S/C15H16N2O3S/c1-3-16-9-8-14(19)17(15(16)20)10-13(18)11-4-6-12(21-2)7-5-11/h4-9H,3,10H2,1-2H3. The second-order valence-corrected chi connectivity index (χ2v) is 5.34. The first-order chi connectivity index (χ1) is 10.1. The molecule has 0 saturated carbocycles. The number of aromatic nitrogens is 2. The molecule has 0 saturated heterocycles. The van der Waals surface area contributed by atoms with Gasteiger partial charge in [0.1, 0.15) is 0 Å². The van der Waals surface area contributed by atoms with Crippen LogP contribution < -0.4 is 11.2 Å². The first kappa shape index (κ1) is 15.3. The minimum absolute atomic E-state index is 0.239. The van der Waals surface area contributed by atoms with E-state index >= 15 is 0 Å². The number of benzene rings is 1. The van der Waals surface area contributed by atoms with Gasteiger partial charge in [0.25, 0.3) is 5.56 Å². The fraction of sp³-hybridized carbons (Fsp3) is 0.267. The Morgan fingerprint density at radius 3 is 2.38 bits per heavy atom. The average Bonchev–Trinajstić information content (AvgIpc) is 2.51. The quantitative estimate of drug-likeness (QED) is 0.622. The molecule has 110 valence electrons. The van der Waals surface area contributed by atoms with Crippen LogP contribution in [0.5, 0.6) is 0 Å². The van der Waals surface area contributed by atoms with E-state index in [1.165, 1.54) is 16.8 Å². The Balaban J connectivity index is 2.31. The van der Waals surface area contributed by atoms with Crippen LogP contribution in [0.3, 0.4) is 0 Å². The predicted octanol–water partition coefficient (Wildman–Crippen LogP) is 1.63. The molecule has 5 nitrogen and oxygen atoms in total. The molecule has 0 N–H and O–H groups in total. The van der Waals surface area contributed by atoms with Crippen LogP contribution in [0.2, 0.25) is 0 Å². The molecule has 0 aliphatic carbocycles. The minimum atomic E-state index is -0.459. The highest BCUT2D eigenvalue weighted by atomic mass is 32.2. The molecule has 1 heterocycles. The Labute approximate surface area is 126 Å². The molecule has 0 aliphatic heterocycles. The summed E-state index contributed by atoms with van der Waals surface area (Å²) in [6.07, 6.45) is 3.40. The maximum atomic E-state index is 12.2. The van der Waals surface area contributed by atoms with Crippen LogP contribution in [-0.2, 0) is 13.1 Å². The number of hydrogen-bond acceptors (Lipinski definition) is 4. The van der Waals surface area contributed by atoms with E-state index in [0.29, 0.717) is 12.1 Å². The molecular formula is C15H16N2O3S. The molecule has 2 aromatic rings. The fourth-order valence-corrected chi connectivity index (χ4v) is 2.36. The highest BCUT2D eigenvalue weighted by Crippen LogP contribution is 2.15. The van der Waals surface area contributed by atoms with Crippen molar-refractivity contribution in [3.63, 3.8) is 0 Å². The Morgan fingerprint density at radius 2 is 1.81 bits per heavy atom. The average molecular weight is 304 g/mol. The lowest BCUT2D eigenvalue weighted by molar-refractivity contribution is 0.0968. The lowest BCUT2D eigenvalue weighted by Crippen LogP contribution is -2.40. The van der Waals surface area contributed by atoms with Gasteiger partial charge in [-0.25, -0.2) is 4.79 Å². The zero-order chi connectivity index (χ0) is 15.4. The molecule has 0 radical (unpaired) electrons. The number of carbonyl (C=O) groups excluding carboxylic acids is 1. The van der Waals surface area contributed by atoms with Gasteiger partial charge in [0.2, 0.25) is 0 Å². The maximum Gasteiger partial charge on any atom is 0.331 e. The van der Waals surface area contributed by atoms with E-state index in [1.807, 2.05) is 18.4 Å². The number of carbonyl (C=O) groups is 1. The van der Waals surface area contributed by atoms with Gasteiger partial charge >= 0.3 is 5.69 Å². The van der Waals surface area contributed by atoms with Crippen LogP contribution in [-0.4, -0.2) is 21.2 Å². The van der Waals surface area contributed by atoms with Crippen LogP contribution in [0.25, 0.3) is 0 Å². The van der Waals surface area contributed by atoms with Gasteiger partial charge in [0, 0.05) is 29.3 Å². The zero-order valence-electron chi connectivity index (χ0n) is 11.9. The van der Waals surface area contributed by atoms with Crippen molar-refractivity contribution >= 4 is 17.5 Å². The van der Waals surface area contributed by atoms with Gasteiger partial charge in [-0.3, -0.25) is 14.2 Å². The third-order valence-electron chi connectivity index (χ3n) is 3.19. The number of aryl methyl sites for hydroxylation is 1. The van der Waals surface area contributed by atoms with E-state index in [4.69, 9.17) is 0 Å². The summed E-state index contributed by atoms with van der Waals surface area (Å²) < 4.78 is 2.36. The van der Waals surface area contributed by atoms with Gasteiger partial charge in [0.05, 0.1) is 6.54 Å². The first-order valence-corrected chi connectivity index (χ1v) is 7.77. The maximum absolute atomic E-state index is 12.2. The summed E-state index contributed by atoms with van der Waals surface area (Å²) in [6, 6.07) is 8.40. The summed E-state index contributed by atoms with van der Waals surface area (Å²) in [4.78, 5) is 37.1. The second-order valence-electron chi connectivity index (χ2n) is 4.46. The van der Waals surface area contributed by atoms with Crippen molar-refractivity contribution < 1.29 is 4.79 Å². The third kappa shape index (κ3) is 3.33. The second kappa shape index (κ2) is 6.58. The Morgan fingerprint density at radius 1 is 1.14 bits per heavy atom. The third-order valence-corrected chi connectivity index (χ3v) is 3.94. The Kier molecular flexibility index (Phi) is 4.80. The van der Waals surface area contributed by atoms with Gasteiger partial charge < -0.3 is 4.57 Å². The lowest BCUT2D eigenvalue weighted by atomic mass is 10.1. The molecule has 21 heavy (non-hydrogen) atoms. The van der Waals surface area contributed by atoms with Crippen molar-refractivity contribution in [1.82, 2.24) is 9.13 Å². The smallest absolute Gasteiger partial charge is 0.301 e. The van der Waals surface area contributed by atoms with Gasteiger partial charge in [-0.05, 0) is 25.3 Å². The summed E-state index contributed by atoms with van der Waals surface area (Å²) in [5.74, 6) is -0.254. The number of thioether (sulfide) groups is 1. The molecule has 0 amide bonds. The van der Waals surface area contributed by atoms with Crippen LogP contribution in [0.1, 0.15) is 17.3 Å². The molecule has 1 aromatic carbocycles. The predicted molar refractivity (Wildman–Crippen MR) is 83.2 cm³/mol. The lowest BCUT2D eigenvalue weighted by Gasteiger charge is -2.07. The number of rotatable bonds is 5. The zero-order valence-corrected chi connectivity index (χ0v) is 12.7. The van der Waals surface area contributed by atoms with Crippen molar-refractivity contribution in [1.29, 1.82) is 0 Å². The molecule has 2 rings (SSSR count). The number of nitrogens with zero attached hydrogens (tertiary/aromatic N) is 2. The van der Waals surface area contributed by atoms with E-state index in [2.05, 4.69) is 0 Å². The fourth-order valence-electron chi connectivity index (χ4n) is 1.95. The SMILES string of the molecule is CCn1ccc(=O)n(CC(=O)c2ccc(SC)cc2)c1=O. The normalized spacial score (nSPS) is 10.6. The molecule has 6 heteroatoms. The summed E-state index contributed by atoms with van der Waals surface area (Å²) in [6.45, 7) is 2.02. The number of Topliss-reactive ketones (excluding diaryl/α,β-unsaturated/α-hetero) is 1. The van der Waals surface area contributed by atoms with Crippen molar-refractivity contribution in [2.24, 2.45) is 0 Å². The van der Waals surface area contributed by atoms with E-state index < -0.39 is 11.2 Å². The number of ketones is 1. The van der Waals surface area contributed by atoms with Crippen LogP contribution >= 0.6 is 11.8 Å². The van der Waals surface area contributed by atoms with Crippen LogP contribution in [0, 0.1) is 0 Å². The number of hydrogen-bond donors (Lipinski definition) is 0. The molecule has 0 atom stereocenters. The van der Waals surface area contributed by atoms with E-state index in [-0.39, 0.29) is 12.3 Å². The van der Waals surface area contributed by atoms with Crippen molar-refractivity contribution in [3.05, 3.63) is 62.9 Å². The topological polar surface area (TPSA) is 61.1 Å². The highest BCUT2D eigenvalue weighted by Gasteiger charge is 2.11. The van der Waals surface area contributed by atoms with E-state index in [1.54, 1.807) is 30.8 Å². The Hall–Kier alpha value is -2.08. The van der Waals surface area contributed by atoms with Crippen LogP contribution in [0.15, 0.2) is 51.0 Å². The summed E-state index contributed by atoms with van der Waals surface area (Å²) in [5.41, 5.74) is -0.427. The van der Waals surface area contributed by atoms with Gasteiger partial charge in [-0.2, -0.15) is 0 Å². The summed E-state index contributed by atoms with van der Waals surface area (Å²) >= 11 is 1.58. The van der Waals surface area contributed by atoms with Crippen LogP contribution in [0.4, 0.5) is 0 Å². The molecule has 0 fully saturated rings. The highest BCUT2D eigenvalue weighted by molar-refractivity contribution is 7.98. The first-order valence-electron chi connectivity index (χ1n) is 6.54. The minimum Gasteiger partial charge on any atom is -0.301 e. The van der Waals surface area contributed by atoms with Gasteiger partial charge in [-0.15, -0.1) is 11.8 Å². The monoisotopic (exact) mass is 304 g/mol. The van der Waals surface area contributed by atoms with Crippen molar-refractivity contribution in [2.45, 2.75) is 24.9 Å². The molecule has 0 spiro atoms. The van der Waals surface area contributed by atoms with Crippen molar-refractivity contribution in [2.75, 3.05) is 6.26 Å². The summed E-state index contributed by atoms with van der Waals surface area (Å²) in [5, 5.41) is 0. The molecule has 0 aliphatic rings. The molecule has 1 aromatic heterocycles. The molecule has 0 unspecified atom stereocenters. The largest absolute Gasteiger partial charge is 0.331 e. The molecule has 0 bridgehead atoms. The summed E-state index contributed by atoms with van der Waals surface area (Å²) in [7, 11) is 0. The van der Waals surface area contributed by atoms with Gasteiger partial charge in [0.15, 0.2) is 5.78 Å². The van der Waals surface area contributed by atoms with Crippen molar-refractivity contribution in [3.8, 4) is 0 Å². The van der Waals surface area contributed by atoms with E-state index in [9.17, 15) is 14.4 Å². The van der Waals surface area contributed by atoms with Gasteiger partial charge in [-0.1, -0.05) is 12.1 Å². The Bertz CT molecular complexity index is 760.